The Morgan fingerprint density at radius 2 is 1.04 bits per heavy atom. The molecular formula is C58H46B2N6O8. The molecule has 0 atom stereocenters. The van der Waals surface area contributed by atoms with E-state index in [1.165, 1.54) is 0 Å². The number of benzene rings is 6. The first kappa shape index (κ1) is 45.8. The van der Waals surface area contributed by atoms with Crippen LogP contribution in [0.5, 0.6) is 34.5 Å². The molecule has 0 fully saturated rings. The summed E-state index contributed by atoms with van der Waals surface area (Å²) in [5, 5.41) is 13.4. The molecule has 74 heavy (non-hydrogen) atoms. The first-order valence-corrected chi connectivity index (χ1v) is 24.4. The summed E-state index contributed by atoms with van der Waals surface area (Å²) in [6, 6.07) is 44.1. The Kier molecular flexibility index (Phi) is 11.4. The molecule has 0 bridgehead atoms. The molecule has 12 rings (SSSR count). The molecule has 0 saturated carbocycles. The molecule has 0 spiro atoms. The van der Waals surface area contributed by atoms with Crippen LogP contribution in [0.2, 0.25) is 0 Å². The normalized spacial score (nSPS) is 13.6. The topological polar surface area (TPSA) is 145 Å². The van der Waals surface area contributed by atoms with Crippen LogP contribution < -0.4 is 38.8 Å². The second-order valence-electron chi connectivity index (χ2n) is 19.3. The molecule has 2 aliphatic rings. The Bertz CT molecular complexity index is 3790. The van der Waals surface area contributed by atoms with Crippen molar-refractivity contribution in [3.05, 3.63) is 178 Å². The second-order valence-corrected chi connectivity index (χ2v) is 19.3. The second kappa shape index (κ2) is 18.4. The highest BCUT2D eigenvalue weighted by Gasteiger charge is 2.45. The monoisotopic (exact) mass is 976 g/mol. The van der Waals surface area contributed by atoms with Gasteiger partial charge in [0.15, 0.2) is 11.2 Å². The molecule has 14 nitrogen and oxygen atoms in total. The molecule has 10 aromatic rings. The van der Waals surface area contributed by atoms with Crippen LogP contribution in [0.3, 0.4) is 0 Å². The van der Waals surface area contributed by atoms with E-state index in [2.05, 4.69) is 38.6 Å². The molecule has 0 amide bonds. The lowest BCUT2D eigenvalue weighted by Crippen LogP contribution is -2.44. The fourth-order valence-corrected chi connectivity index (χ4v) is 9.52. The summed E-state index contributed by atoms with van der Waals surface area (Å²) in [4.78, 5) is 14.3. The number of ether oxygens (including phenoxy) is 2. The minimum atomic E-state index is -1.23. The highest BCUT2D eigenvalue weighted by molar-refractivity contribution is 6.49. The van der Waals surface area contributed by atoms with Crippen LogP contribution in [0.1, 0.15) is 50.6 Å². The smallest absolute Gasteiger partial charge is 0.503 e. The third-order valence-electron chi connectivity index (χ3n) is 12.8. The maximum absolute atomic E-state index is 11.9. The lowest BCUT2D eigenvalue weighted by atomic mass is 10.0. The number of aromatic nitrogens is 4. The van der Waals surface area contributed by atoms with Crippen LogP contribution in [0.25, 0.3) is 71.6 Å². The van der Waals surface area contributed by atoms with Gasteiger partial charge in [-0.3, -0.25) is 0 Å². The fourth-order valence-electron chi connectivity index (χ4n) is 9.52. The van der Waals surface area contributed by atoms with Crippen molar-refractivity contribution in [1.29, 1.82) is 5.26 Å². The minimum Gasteiger partial charge on any atom is -0.503 e. The van der Waals surface area contributed by atoms with Crippen molar-refractivity contribution in [2.75, 3.05) is 13.2 Å². The van der Waals surface area contributed by atoms with Crippen LogP contribution in [-0.2, 0) is 0 Å². The molecule has 0 unspecified atom stereocenters. The Morgan fingerprint density at radius 1 is 0.595 bits per heavy atom. The molecule has 0 saturated heterocycles. The van der Waals surface area contributed by atoms with Gasteiger partial charge < -0.3 is 45.9 Å². The maximum Gasteiger partial charge on any atom is 0.743 e. The Morgan fingerprint density at radius 3 is 1.50 bits per heavy atom. The third kappa shape index (κ3) is 8.01. The number of oxazole rings is 2. The van der Waals surface area contributed by atoms with Crippen molar-refractivity contribution in [3.63, 3.8) is 0 Å². The van der Waals surface area contributed by atoms with Gasteiger partial charge in [0.2, 0.25) is 11.8 Å². The van der Waals surface area contributed by atoms with Gasteiger partial charge in [0.05, 0.1) is 41.9 Å². The Labute approximate surface area is 426 Å². The SMILES string of the molecule is [C-]#[N+]/C(c1nc2ccc(C)cc2o1)=c1\c2c(-c3cccc(OCC(C)C)c3)n(B3Oc4ccccc4O3)/c(=C(/C#N)c3nc4ccc(C)cc4o3)c2c(-c2cccc(OCC(C)C)c2)n1B1Oc2ccccc2O1. The van der Waals surface area contributed by atoms with Crippen LogP contribution >= 0.6 is 0 Å². The molecule has 16 heteroatoms. The number of fused-ring (bicyclic) bond motifs is 5. The zero-order chi connectivity index (χ0) is 50.8. The summed E-state index contributed by atoms with van der Waals surface area (Å²) in [7, 11) is -2.47. The number of rotatable bonds is 12. The molecule has 0 aliphatic carbocycles. The summed E-state index contributed by atoms with van der Waals surface area (Å²) in [5.74, 6) is 3.66. The summed E-state index contributed by atoms with van der Waals surface area (Å²) in [6.45, 7) is 22.4. The molecule has 6 heterocycles. The molecule has 2 aliphatic heterocycles. The summed E-state index contributed by atoms with van der Waals surface area (Å²) in [6.07, 6.45) is 0. The first-order chi connectivity index (χ1) is 36.0. The highest BCUT2D eigenvalue weighted by Crippen LogP contribution is 2.42. The van der Waals surface area contributed by atoms with Gasteiger partial charge in [-0.2, -0.15) is 5.26 Å². The van der Waals surface area contributed by atoms with Crippen molar-refractivity contribution < 1.29 is 36.9 Å². The molecule has 4 aromatic heterocycles. The lowest BCUT2D eigenvalue weighted by molar-refractivity contribution is 0.271. The van der Waals surface area contributed by atoms with E-state index in [9.17, 15) is 11.8 Å². The van der Waals surface area contributed by atoms with Crippen molar-refractivity contribution in [2.24, 2.45) is 11.8 Å². The van der Waals surface area contributed by atoms with Crippen LogP contribution in [0.15, 0.2) is 142 Å². The van der Waals surface area contributed by atoms with E-state index >= 15 is 0 Å². The molecule has 0 radical (unpaired) electrons. The van der Waals surface area contributed by atoms with Crippen LogP contribution in [0.4, 0.5) is 0 Å². The Balaban J connectivity index is 1.34. The number of nitriles is 1. The van der Waals surface area contributed by atoms with Crippen LogP contribution in [0, 0.1) is 43.6 Å². The highest BCUT2D eigenvalue weighted by atomic mass is 16.7. The van der Waals surface area contributed by atoms with Gasteiger partial charge in [0.1, 0.15) is 57.2 Å². The summed E-state index contributed by atoms with van der Waals surface area (Å²) < 4.78 is 57.1. The van der Waals surface area contributed by atoms with E-state index in [0.717, 1.165) is 11.1 Å². The number of para-hydroxylation sites is 4. The number of aryl methyl sites for hydroxylation is 2. The Hall–Kier alpha value is -9.27. The molecule has 0 N–H and O–H groups in total. The van der Waals surface area contributed by atoms with E-state index in [4.69, 9.17) is 46.9 Å². The zero-order valence-corrected chi connectivity index (χ0v) is 41.4. The van der Waals surface area contributed by atoms with Crippen molar-refractivity contribution in [3.8, 4) is 63.1 Å². The fraction of sp³-hybridized carbons (Fsp3) is 0.172. The van der Waals surface area contributed by atoms with Crippen molar-refractivity contribution in [2.45, 2.75) is 41.5 Å². The third-order valence-corrected chi connectivity index (χ3v) is 12.8. The summed E-state index contributed by atoms with van der Waals surface area (Å²) >= 11 is 0. The zero-order valence-electron chi connectivity index (χ0n) is 41.4. The quantitative estimate of drug-likeness (QED) is 0.0852. The van der Waals surface area contributed by atoms with Crippen LogP contribution in [-0.4, -0.2) is 46.6 Å². The predicted octanol–water partition coefficient (Wildman–Crippen LogP) is 11.2. The molecular weight excluding hydrogens is 930 g/mol. The van der Waals surface area contributed by atoms with E-state index in [-0.39, 0.29) is 34.9 Å². The average molecular weight is 977 g/mol. The van der Waals surface area contributed by atoms with E-state index in [0.29, 0.717) is 114 Å². The average Bonchev–Trinajstić information content (AvgIpc) is 4.27. The van der Waals surface area contributed by atoms with E-state index in [1.54, 1.807) is 0 Å². The van der Waals surface area contributed by atoms with Gasteiger partial charge >= 0.3 is 14.5 Å². The maximum atomic E-state index is 11.9. The van der Waals surface area contributed by atoms with Gasteiger partial charge in [-0.25, -0.2) is 14.8 Å². The van der Waals surface area contributed by atoms with E-state index < -0.39 is 14.5 Å². The van der Waals surface area contributed by atoms with Gasteiger partial charge in [0.25, 0.3) is 5.70 Å². The number of hydrogen-bond donors (Lipinski definition) is 0. The van der Waals surface area contributed by atoms with Crippen molar-refractivity contribution in [1.82, 2.24) is 18.9 Å². The standard InChI is InChI=1S/C58H46B2N6O8/c1-33(2)31-67-39-16-12-14-37(28-39)53-50-51(56(66(53)60-73-46-20-10-11-21-47(46)74-60)52(62-7)58-64-43-25-23-36(6)27-49(43)70-58)54(38-15-13-17-40(29-38)68-32-34(3)4)65(59-71-44-18-8-9-19-45(44)72-59)55(50)41(30-61)57-63-42-24-22-35(5)26-48(42)69-57/h8-29,33-34H,31-32H2,1-6H3/b55-41-,56-52+. The van der Waals surface area contributed by atoms with Gasteiger partial charge in [-0.15, -0.1) is 0 Å². The number of nitrogens with zero attached hydrogens (tertiary/aromatic N) is 6. The van der Waals surface area contributed by atoms with Gasteiger partial charge in [-0.05, 0) is 110 Å². The van der Waals surface area contributed by atoms with Crippen molar-refractivity contribution >= 4 is 58.7 Å². The molecule has 6 aromatic carbocycles. The summed E-state index contributed by atoms with van der Waals surface area (Å²) in [5.41, 5.74) is 6.29. The van der Waals surface area contributed by atoms with Gasteiger partial charge in [-0.1, -0.05) is 88.4 Å². The van der Waals surface area contributed by atoms with E-state index in [1.807, 2.05) is 156 Å². The van der Waals surface area contributed by atoms with Gasteiger partial charge in [0, 0.05) is 21.9 Å². The minimum absolute atomic E-state index is 0.0232. The predicted molar refractivity (Wildman–Crippen MR) is 283 cm³/mol. The molecule has 362 valence electrons. The first-order valence-electron chi connectivity index (χ1n) is 24.4. The largest absolute Gasteiger partial charge is 0.743 e. The lowest BCUT2D eigenvalue weighted by Gasteiger charge is -2.17. The number of hydrogen-bond acceptors (Lipinski definition) is 11.